The van der Waals surface area contributed by atoms with Crippen LogP contribution in [0.4, 0.5) is 0 Å². The summed E-state index contributed by atoms with van der Waals surface area (Å²) in [5.41, 5.74) is 3.53. The van der Waals surface area contributed by atoms with E-state index >= 15 is 0 Å². The smallest absolute Gasteiger partial charge is 0.260 e. The Bertz CT molecular complexity index is 1140. The van der Waals surface area contributed by atoms with Gasteiger partial charge in [0.05, 0.1) is 13.1 Å². The Morgan fingerprint density at radius 2 is 1.70 bits per heavy atom. The lowest BCUT2D eigenvalue weighted by molar-refractivity contribution is -0.142. The van der Waals surface area contributed by atoms with Crippen LogP contribution in [-0.2, 0) is 22.7 Å². The number of ether oxygens (including phenoxy) is 1. The van der Waals surface area contributed by atoms with Crippen molar-refractivity contribution in [2.24, 2.45) is 0 Å². The van der Waals surface area contributed by atoms with E-state index < -0.39 is 0 Å². The molecule has 3 rings (SSSR count). The van der Waals surface area contributed by atoms with E-state index in [-0.39, 0.29) is 25.0 Å². The van der Waals surface area contributed by atoms with Crippen LogP contribution in [0, 0.1) is 6.92 Å². The molecule has 0 spiro atoms. The number of aromatic nitrogens is 1. The molecule has 2 amide bonds. The number of nitrogens with zero attached hydrogens (tertiary/aromatic N) is 3. The van der Waals surface area contributed by atoms with Gasteiger partial charge in [-0.05, 0) is 61.7 Å². The van der Waals surface area contributed by atoms with Crippen LogP contribution >= 0.6 is 11.6 Å². The maximum Gasteiger partial charge on any atom is 0.260 e. The molecule has 1 heterocycles. The van der Waals surface area contributed by atoms with Crippen molar-refractivity contribution in [3.05, 3.63) is 88.7 Å². The fraction of sp³-hybridized carbons (Fsp3) is 0.400. The van der Waals surface area contributed by atoms with Gasteiger partial charge < -0.3 is 19.1 Å². The predicted octanol–water partition coefficient (Wildman–Crippen LogP) is 5.94. The molecule has 0 aliphatic heterocycles. The van der Waals surface area contributed by atoms with Gasteiger partial charge in [-0.15, -0.1) is 0 Å². The number of hydrogen-bond acceptors (Lipinski definition) is 3. The topological polar surface area (TPSA) is 54.8 Å². The monoisotopic (exact) mass is 523 g/mol. The maximum absolute atomic E-state index is 13.5. The number of unbranched alkanes of at least 4 members (excludes halogenated alkanes) is 1. The summed E-state index contributed by atoms with van der Waals surface area (Å²) in [4.78, 5) is 29.9. The van der Waals surface area contributed by atoms with Crippen LogP contribution in [0.5, 0.6) is 5.75 Å². The van der Waals surface area contributed by atoms with E-state index in [9.17, 15) is 9.59 Å². The van der Waals surface area contributed by atoms with Gasteiger partial charge in [-0.3, -0.25) is 9.59 Å². The van der Waals surface area contributed by atoms with Gasteiger partial charge in [0.1, 0.15) is 5.75 Å². The average molecular weight is 524 g/mol. The van der Waals surface area contributed by atoms with Crippen molar-refractivity contribution < 1.29 is 14.3 Å². The van der Waals surface area contributed by atoms with Gasteiger partial charge >= 0.3 is 0 Å². The molecule has 198 valence electrons. The lowest BCUT2D eigenvalue weighted by atomic mass is 10.1. The van der Waals surface area contributed by atoms with Crippen LogP contribution in [-0.4, -0.2) is 52.4 Å². The molecular weight excluding hydrogens is 486 g/mol. The van der Waals surface area contributed by atoms with Crippen LogP contribution in [0.1, 0.15) is 49.9 Å². The Morgan fingerprint density at radius 3 is 2.41 bits per heavy atom. The van der Waals surface area contributed by atoms with Crippen LogP contribution in [0.25, 0.3) is 0 Å². The van der Waals surface area contributed by atoms with Crippen molar-refractivity contribution in [1.82, 2.24) is 14.4 Å². The van der Waals surface area contributed by atoms with E-state index in [1.54, 1.807) is 29.2 Å². The molecule has 0 atom stereocenters. The first kappa shape index (κ1) is 28.3. The summed E-state index contributed by atoms with van der Waals surface area (Å²) in [6.07, 6.45) is 4.71. The standard InChI is InChI=1S/C30H38ClN3O3/c1-4-6-17-34(21-27-11-8-18-32(27)20-25-10-7-9-24(3)19-25)29(35)22-33(16-5-2)30(36)23-37-28-14-12-26(31)13-15-28/h7-15,18-19H,4-6,16-17,20-23H2,1-3H3. The van der Waals surface area contributed by atoms with Gasteiger partial charge in [0.2, 0.25) is 5.91 Å². The van der Waals surface area contributed by atoms with Crippen LogP contribution < -0.4 is 4.74 Å². The normalized spacial score (nSPS) is 10.8. The molecule has 0 fully saturated rings. The number of benzene rings is 2. The minimum absolute atomic E-state index is 0.0406. The van der Waals surface area contributed by atoms with Gasteiger partial charge in [0.15, 0.2) is 6.61 Å². The number of carbonyl (C=O) groups is 2. The number of aryl methyl sites for hydroxylation is 1. The highest BCUT2D eigenvalue weighted by atomic mass is 35.5. The first-order chi connectivity index (χ1) is 17.9. The summed E-state index contributed by atoms with van der Waals surface area (Å²) < 4.78 is 7.84. The first-order valence-electron chi connectivity index (χ1n) is 13.0. The highest BCUT2D eigenvalue weighted by molar-refractivity contribution is 6.30. The molecule has 0 aliphatic carbocycles. The quantitative estimate of drug-likeness (QED) is 0.262. The Kier molecular flexibility index (Phi) is 11.1. The van der Waals surface area contributed by atoms with Crippen molar-refractivity contribution in [2.45, 2.75) is 53.1 Å². The summed E-state index contributed by atoms with van der Waals surface area (Å²) in [7, 11) is 0. The van der Waals surface area contributed by atoms with Gasteiger partial charge in [-0.1, -0.05) is 61.7 Å². The Hall–Kier alpha value is -3.25. The lowest BCUT2D eigenvalue weighted by Gasteiger charge is -2.28. The van der Waals surface area contributed by atoms with Gasteiger partial charge in [-0.2, -0.15) is 0 Å². The molecule has 1 aromatic heterocycles. The molecule has 6 nitrogen and oxygen atoms in total. The zero-order valence-electron chi connectivity index (χ0n) is 22.2. The zero-order chi connectivity index (χ0) is 26.6. The van der Waals surface area contributed by atoms with E-state index in [0.29, 0.717) is 30.4 Å². The summed E-state index contributed by atoms with van der Waals surface area (Å²) in [5.74, 6) is 0.313. The molecule has 0 N–H and O–H groups in total. The SMILES string of the molecule is CCCCN(Cc1cccn1Cc1cccc(C)c1)C(=O)CN(CCC)C(=O)COc1ccc(Cl)cc1. The number of rotatable bonds is 14. The summed E-state index contributed by atoms with van der Waals surface area (Å²) >= 11 is 5.92. The van der Waals surface area contributed by atoms with Crippen LogP contribution in [0.2, 0.25) is 5.02 Å². The van der Waals surface area contributed by atoms with E-state index in [4.69, 9.17) is 16.3 Å². The fourth-order valence-corrected chi connectivity index (χ4v) is 4.31. The second-order valence-electron chi connectivity index (χ2n) is 9.34. The lowest BCUT2D eigenvalue weighted by Crippen LogP contribution is -2.45. The molecular formula is C30H38ClN3O3. The number of carbonyl (C=O) groups excluding carboxylic acids is 2. The van der Waals surface area contributed by atoms with Crippen molar-refractivity contribution in [3.63, 3.8) is 0 Å². The summed E-state index contributed by atoms with van der Waals surface area (Å²) in [6, 6.07) is 19.4. The molecule has 0 radical (unpaired) electrons. The van der Waals surface area contributed by atoms with Crippen LogP contribution in [0.15, 0.2) is 66.9 Å². The van der Waals surface area contributed by atoms with Crippen LogP contribution in [0.3, 0.4) is 0 Å². The second kappa shape index (κ2) is 14.5. The molecule has 37 heavy (non-hydrogen) atoms. The first-order valence-corrected chi connectivity index (χ1v) is 13.4. The molecule has 0 aliphatic rings. The summed E-state index contributed by atoms with van der Waals surface area (Å²) in [6.45, 7) is 8.54. The highest BCUT2D eigenvalue weighted by Crippen LogP contribution is 2.16. The van der Waals surface area contributed by atoms with Crippen molar-refractivity contribution in [3.8, 4) is 5.75 Å². The van der Waals surface area contributed by atoms with Gasteiger partial charge in [-0.25, -0.2) is 0 Å². The molecule has 2 aromatic carbocycles. The molecule has 0 saturated carbocycles. The maximum atomic E-state index is 13.5. The van der Waals surface area contributed by atoms with E-state index in [0.717, 1.165) is 31.5 Å². The number of halogens is 1. The largest absolute Gasteiger partial charge is 0.484 e. The minimum atomic E-state index is -0.205. The van der Waals surface area contributed by atoms with E-state index in [1.807, 2.05) is 17.9 Å². The molecule has 0 bridgehead atoms. The highest BCUT2D eigenvalue weighted by Gasteiger charge is 2.22. The van der Waals surface area contributed by atoms with E-state index in [2.05, 4.69) is 54.9 Å². The number of amides is 2. The average Bonchev–Trinajstić information content (AvgIpc) is 3.31. The van der Waals surface area contributed by atoms with Crippen molar-refractivity contribution >= 4 is 23.4 Å². The fourth-order valence-electron chi connectivity index (χ4n) is 4.18. The molecule has 0 unspecified atom stereocenters. The zero-order valence-corrected chi connectivity index (χ0v) is 22.9. The molecule has 7 heteroatoms. The predicted molar refractivity (Wildman–Crippen MR) is 149 cm³/mol. The Labute approximate surface area is 225 Å². The Morgan fingerprint density at radius 1 is 0.919 bits per heavy atom. The second-order valence-corrected chi connectivity index (χ2v) is 9.78. The van der Waals surface area contributed by atoms with Gasteiger partial charge in [0, 0.05) is 36.5 Å². The molecule has 3 aromatic rings. The third-order valence-electron chi connectivity index (χ3n) is 6.19. The minimum Gasteiger partial charge on any atom is -0.484 e. The molecule has 0 saturated heterocycles. The third-order valence-corrected chi connectivity index (χ3v) is 6.45. The summed E-state index contributed by atoms with van der Waals surface area (Å²) in [5, 5.41) is 0.606. The number of hydrogen-bond donors (Lipinski definition) is 0. The Balaban J connectivity index is 1.66. The van der Waals surface area contributed by atoms with E-state index in [1.165, 1.54) is 11.1 Å². The third kappa shape index (κ3) is 8.97. The van der Waals surface area contributed by atoms with Crippen molar-refractivity contribution in [2.75, 3.05) is 26.2 Å². The van der Waals surface area contributed by atoms with Gasteiger partial charge in [0.25, 0.3) is 5.91 Å². The van der Waals surface area contributed by atoms with Crippen molar-refractivity contribution in [1.29, 1.82) is 0 Å².